The lowest BCUT2D eigenvalue weighted by molar-refractivity contribution is 0.0699. The van der Waals surface area contributed by atoms with Crippen molar-refractivity contribution in [2.75, 3.05) is 0 Å². The molecule has 1 aliphatic rings. The molecule has 1 aromatic rings. The second kappa shape index (κ2) is 6.94. The highest BCUT2D eigenvalue weighted by atomic mass is 16.6. The lowest BCUT2D eigenvalue weighted by Crippen LogP contribution is -2.47. The van der Waals surface area contributed by atoms with Crippen molar-refractivity contribution in [2.45, 2.75) is 38.5 Å². The lowest BCUT2D eigenvalue weighted by atomic mass is 10.0. The molecule has 0 N–H and O–H groups in total. The highest BCUT2D eigenvalue weighted by Gasteiger charge is 2.29. The third-order valence-electron chi connectivity index (χ3n) is 3.51. The first-order valence-electron chi connectivity index (χ1n) is 6.99. The minimum absolute atomic E-state index is 0.0666. The van der Waals surface area contributed by atoms with E-state index in [-0.39, 0.29) is 18.2 Å². The first-order chi connectivity index (χ1) is 9.72. The zero-order valence-electron chi connectivity index (χ0n) is 11.9. The summed E-state index contributed by atoms with van der Waals surface area (Å²) in [5.74, 6) is 0. The number of rotatable bonds is 4. The van der Waals surface area contributed by atoms with E-state index in [4.69, 9.17) is 4.74 Å². The summed E-state index contributed by atoms with van der Waals surface area (Å²) in [6.07, 6.45) is 7.42. The van der Waals surface area contributed by atoms with Crippen LogP contribution < -0.4 is 0 Å². The first-order valence-corrected chi connectivity index (χ1v) is 6.99. The maximum absolute atomic E-state index is 12.3. The molecule has 0 aromatic heterocycles. The number of amides is 1. The zero-order chi connectivity index (χ0) is 14.4. The van der Waals surface area contributed by atoms with E-state index in [1.807, 2.05) is 54.3 Å². The van der Waals surface area contributed by atoms with Crippen molar-refractivity contribution in [3.63, 3.8) is 0 Å². The van der Waals surface area contributed by atoms with Gasteiger partial charge in [0.25, 0.3) is 0 Å². The fraction of sp³-hybridized carbons (Fsp3) is 0.353. The maximum atomic E-state index is 12.3. The van der Waals surface area contributed by atoms with Gasteiger partial charge in [0.15, 0.2) is 0 Å². The van der Waals surface area contributed by atoms with Gasteiger partial charge in [-0.1, -0.05) is 48.6 Å². The van der Waals surface area contributed by atoms with Crippen molar-refractivity contribution in [1.82, 2.24) is 4.90 Å². The molecule has 1 aromatic carbocycles. The molecule has 0 bridgehead atoms. The van der Waals surface area contributed by atoms with Crippen LogP contribution in [0, 0.1) is 0 Å². The Morgan fingerprint density at radius 1 is 1.45 bits per heavy atom. The Morgan fingerprint density at radius 3 is 2.90 bits per heavy atom. The van der Waals surface area contributed by atoms with E-state index in [1.54, 1.807) is 0 Å². The summed E-state index contributed by atoms with van der Waals surface area (Å²) in [4.78, 5) is 14.1. The summed E-state index contributed by atoms with van der Waals surface area (Å²) in [7, 11) is 0. The Bertz CT molecular complexity index is 481. The molecule has 0 unspecified atom stereocenters. The quantitative estimate of drug-likeness (QED) is 0.777. The van der Waals surface area contributed by atoms with Gasteiger partial charge in [-0.2, -0.15) is 0 Å². The molecule has 0 spiro atoms. The number of benzene rings is 1. The van der Waals surface area contributed by atoms with Crippen LogP contribution >= 0.6 is 0 Å². The molecule has 20 heavy (non-hydrogen) atoms. The van der Waals surface area contributed by atoms with E-state index in [9.17, 15) is 4.79 Å². The molecule has 0 saturated heterocycles. The normalized spacial score (nSPS) is 21.6. The Labute approximate surface area is 120 Å². The van der Waals surface area contributed by atoms with Crippen LogP contribution in [0.15, 0.2) is 55.1 Å². The van der Waals surface area contributed by atoms with E-state index >= 15 is 0 Å². The number of carbonyl (C=O) groups excluding carboxylic acids is 1. The van der Waals surface area contributed by atoms with Gasteiger partial charge in [0.05, 0.1) is 6.04 Å². The average Bonchev–Trinajstić information content (AvgIpc) is 2.46. The lowest BCUT2D eigenvalue weighted by Gasteiger charge is -2.36. The summed E-state index contributed by atoms with van der Waals surface area (Å²) in [5, 5.41) is 0. The minimum Gasteiger partial charge on any atom is -0.445 e. The van der Waals surface area contributed by atoms with Gasteiger partial charge >= 0.3 is 6.09 Å². The molecule has 2 atom stereocenters. The van der Waals surface area contributed by atoms with Crippen molar-refractivity contribution in [2.24, 2.45) is 0 Å². The second-order valence-electron chi connectivity index (χ2n) is 5.03. The Kier molecular flexibility index (Phi) is 4.99. The van der Waals surface area contributed by atoms with Crippen LogP contribution in [0.2, 0.25) is 0 Å². The van der Waals surface area contributed by atoms with Gasteiger partial charge < -0.3 is 4.74 Å². The molecule has 0 saturated carbocycles. The van der Waals surface area contributed by atoms with Gasteiger partial charge in [0.1, 0.15) is 6.61 Å². The number of nitrogens with zero attached hydrogens (tertiary/aromatic N) is 1. The van der Waals surface area contributed by atoms with Gasteiger partial charge in [-0.25, -0.2) is 4.79 Å². The minimum atomic E-state index is -0.252. The largest absolute Gasteiger partial charge is 0.445 e. The predicted molar refractivity (Wildman–Crippen MR) is 80.3 cm³/mol. The summed E-state index contributed by atoms with van der Waals surface area (Å²) in [5.41, 5.74) is 1.00. The summed E-state index contributed by atoms with van der Waals surface area (Å²) >= 11 is 0. The van der Waals surface area contributed by atoms with Crippen molar-refractivity contribution < 1.29 is 9.53 Å². The third kappa shape index (κ3) is 3.50. The van der Waals surface area contributed by atoms with Crippen LogP contribution in [0.5, 0.6) is 0 Å². The third-order valence-corrected chi connectivity index (χ3v) is 3.51. The van der Waals surface area contributed by atoms with Crippen molar-refractivity contribution in [3.05, 3.63) is 60.7 Å². The number of ether oxygens (including phenoxy) is 1. The maximum Gasteiger partial charge on any atom is 0.410 e. The number of hydrogen-bond acceptors (Lipinski definition) is 2. The summed E-state index contributed by atoms with van der Waals surface area (Å²) in [6.45, 7) is 6.09. The van der Waals surface area contributed by atoms with Crippen LogP contribution in [-0.4, -0.2) is 23.1 Å². The van der Waals surface area contributed by atoms with Crippen molar-refractivity contribution >= 4 is 6.09 Å². The molecular weight excluding hydrogens is 250 g/mol. The fourth-order valence-corrected chi connectivity index (χ4v) is 2.48. The molecule has 1 aliphatic heterocycles. The molecule has 0 aliphatic carbocycles. The van der Waals surface area contributed by atoms with E-state index < -0.39 is 0 Å². The van der Waals surface area contributed by atoms with Gasteiger partial charge in [-0.05, 0) is 25.3 Å². The molecule has 0 radical (unpaired) electrons. The topological polar surface area (TPSA) is 29.5 Å². The van der Waals surface area contributed by atoms with Crippen LogP contribution in [0.4, 0.5) is 4.79 Å². The zero-order valence-corrected chi connectivity index (χ0v) is 11.9. The standard InChI is InChI=1S/C17H21NO2/c1-3-8-16-12-7-9-14(2)18(16)17(19)20-13-15-10-5-4-6-11-15/h3-7,9-11,14,16H,1,8,12-13H2,2H3/t14-,16-/m0/s1. The predicted octanol–water partition coefficient (Wildman–Crippen LogP) is 3.92. The smallest absolute Gasteiger partial charge is 0.410 e. The molecule has 2 rings (SSSR count). The van der Waals surface area contributed by atoms with Crippen molar-refractivity contribution in [1.29, 1.82) is 0 Å². The number of carbonyl (C=O) groups is 1. The molecule has 106 valence electrons. The molecule has 3 nitrogen and oxygen atoms in total. The van der Waals surface area contributed by atoms with Crippen molar-refractivity contribution in [3.8, 4) is 0 Å². The van der Waals surface area contributed by atoms with Crippen LogP contribution in [-0.2, 0) is 11.3 Å². The highest BCUT2D eigenvalue weighted by molar-refractivity contribution is 5.69. The van der Waals surface area contributed by atoms with Crippen LogP contribution in [0.3, 0.4) is 0 Å². The fourth-order valence-electron chi connectivity index (χ4n) is 2.48. The molecule has 1 heterocycles. The van der Waals surface area contributed by atoms with E-state index in [2.05, 4.69) is 12.7 Å². The average molecular weight is 271 g/mol. The first kappa shape index (κ1) is 14.4. The SMILES string of the molecule is C=CC[C@H]1CC=C[C@H](C)N1C(=O)OCc1ccccc1. The van der Waals surface area contributed by atoms with Gasteiger partial charge in [-0.3, -0.25) is 4.90 Å². The van der Waals surface area contributed by atoms with E-state index in [0.29, 0.717) is 6.61 Å². The summed E-state index contributed by atoms with van der Waals surface area (Å²) in [6, 6.07) is 9.95. The van der Waals surface area contributed by atoms with Gasteiger partial charge in [0, 0.05) is 6.04 Å². The highest BCUT2D eigenvalue weighted by Crippen LogP contribution is 2.21. The molecule has 0 fully saturated rings. The van der Waals surface area contributed by atoms with E-state index in [0.717, 1.165) is 18.4 Å². The van der Waals surface area contributed by atoms with Crippen LogP contribution in [0.1, 0.15) is 25.3 Å². The number of hydrogen-bond donors (Lipinski definition) is 0. The Balaban J connectivity index is 1.98. The second-order valence-corrected chi connectivity index (χ2v) is 5.03. The Hall–Kier alpha value is -2.03. The molecule has 1 amide bonds. The Morgan fingerprint density at radius 2 is 2.20 bits per heavy atom. The monoisotopic (exact) mass is 271 g/mol. The summed E-state index contributed by atoms with van der Waals surface area (Å²) < 4.78 is 5.43. The van der Waals surface area contributed by atoms with Gasteiger partial charge in [-0.15, -0.1) is 6.58 Å². The van der Waals surface area contributed by atoms with Gasteiger partial charge in [0.2, 0.25) is 0 Å². The van der Waals surface area contributed by atoms with E-state index in [1.165, 1.54) is 0 Å². The van der Waals surface area contributed by atoms with Crippen LogP contribution in [0.25, 0.3) is 0 Å². The molecular formula is C17H21NO2. The molecule has 3 heteroatoms.